The molecule has 0 radical (unpaired) electrons. The maximum absolute atomic E-state index is 12.5. The van der Waals surface area contributed by atoms with E-state index in [1.165, 1.54) is 19.1 Å². The van der Waals surface area contributed by atoms with Gasteiger partial charge in [-0.3, -0.25) is 4.79 Å². The number of sulfone groups is 1. The minimum atomic E-state index is -3.70. The Morgan fingerprint density at radius 3 is 2.22 bits per heavy atom. The van der Waals surface area contributed by atoms with Crippen LogP contribution in [0, 0.1) is 6.92 Å². The van der Waals surface area contributed by atoms with E-state index in [0.717, 1.165) is 15.6 Å². The largest absolute Gasteiger partial charge is 0.351 e. The Kier molecular flexibility index (Phi) is 5.59. The van der Waals surface area contributed by atoms with Crippen molar-refractivity contribution in [2.45, 2.75) is 30.5 Å². The molecule has 0 saturated heterocycles. The molecule has 0 bridgehead atoms. The van der Waals surface area contributed by atoms with Crippen LogP contribution in [-0.2, 0) is 21.2 Å². The number of carbonyl (C=O) groups excluding carboxylic acids is 1. The number of nitrogens with one attached hydrogen (secondary N) is 1. The van der Waals surface area contributed by atoms with Gasteiger partial charge in [0, 0.05) is 11.0 Å². The molecule has 0 unspecified atom stereocenters. The van der Waals surface area contributed by atoms with E-state index >= 15 is 0 Å². The highest BCUT2D eigenvalue weighted by atomic mass is 79.9. The van der Waals surface area contributed by atoms with E-state index in [9.17, 15) is 13.2 Å². The van der Waals surface area contributed by atoms with Crippen molar-refractivity contribution in [2.24, 2.45) is 0 Å². The first kappa shape index (κ1) is 17.7. The summed E-state index contributed by atoms with van der Waals surface area (Å²) in [6, 6.07) is 14.0. The van der Waals surface area contributed by atoms with Crippen molar-refractivity contribution < 1.29 is 13.2 Å². The number of carbonyl (C=O) groups is 1. The minimum Gasteiger partial charge on any atom is -0.351 e. The number of hydrogen-bond acceptors (Lipinski definition) is 3. The molecule has 0 aliphatic rings. The minimum absolute atomic E-state index is 0.138. The lowest BCUT2D eigenvalue weighted by atomic mass is 10.1. The second-order valence-electron chi connectivity index (χ2n) is 5.34. The molecular weight excluding hydrogens is 378 g/mol. The molecule has 122 valence electrons. The molecule has 0 heterocycles. The van der Waals surface area contributed by atoms with Crippen molar-refractivity contribution >= 4 is 31.7 Å². The number of amides is 1. The lowest BCUT2D eigenvalue weighted by Crippen LogP contribution is -2.37. The van der Waals surface area contributed by atoms with Gasteiger partial charge in [0.15, 0.2) is 9.84 Å². The van der Waals surface area contributed by atoms with Gasteiger partial charge in [0.2, 0.25) is 5.91 Å². The zero-order valence-electron chi connectivity index (χ0n) is 12.9. The molecule has 0 fully saturated rings. The molecule has 0 spiro atoms. The standard InChI is InChI=1S/C17H18BrNO3S/c1-12-3-5-14(6-4-12)11-19-17(20)13(2)23(21,22)16-9-7-15(18)8-10-16/h3-10,13H,11H2,1-2H3,(H,19,20)/t13-/m0/s1. The Balaban J connectivity index is 2.06. The molecule has 2 aromatic rings. The zero-order valence-corrected chi connectivity index (χ0v) is 15.3. The van der Waals surface area contributed by atoms with Gasteiger partial charge in [0.1, 0.15) is 5.25 Å². The first-order valence-corrected chi connectivity index (χ1v) is 9.47. The third kappa shape index (κ3) is 4.42. The molecule has 1 N–H and O–H groups in total. The molecule has 23 heavy (non-hydrogen) atoms. The molecule has 1 atom stereocenters. The Bertz CT molecular complexity index is 784. The lowest BCUT2D eigenvalue weighted by molar-refractivity contribution is -0.120. The Morgan fingerprint density at radius 2 is 1.65 bits per heavy atom. The van der Waals surface area contributed by atoms with Crippen LogP contribution in [0.15, 0.2) is 57.9 Å². The summed E-state index contributed by atoms with van der Waals surface area (Å²) in [6.07, 6.45) is 0. The molecule has 6 heteroatoms. The van der Waals surface area contributed by atoms with Gasteiger partial charge in [-0.05, 0) is 43.7 Å². The SMILES string of the molecule is Cc1ccc(CNC(=O)[C@H](C)S(=O)(=O)c2ccc(Br)cc2)cc1. The van der Waals surface area contributed by atoms with Crippen LogP contribution in [-0.4, -0.2) is 19.6 Å². The van der Waals surface area contributed by atoms with Gasteiger partial charge in [-0.15, -0.1) is 0 Å². The summed E-state index contributed by atoms with van der Waals surface area (Å²) >= 11 is 3.26. The maximum Gasteiger partial charge on any atom is 0.238 e. The van der Waals surface area contributed by atoms with Crippen molar-refractivity contribution in [2.75, 3.05) is 0 Å². The highest BCUT2D eigenvalue weighted by Gasteiger charge is 2.29. The number of benzene rings is 2. The number of halogens is 1. The summed E-state index contributed by atoms with van der Waals surface area (Å²) in [5.74, 6) is -0.506. The van der Waals surface area contributed by atoms with E-state index in [1.807, 2.05) is 31.2 Å². The predicted molar refractivity (Wildman–Crippen MR) is 93.8 cm³/mol. The van der Waals surface area contributed by atoms with Gasteiger partial charge in [-0.2, -0.15) is 0 Å². The Morgan fingerprint density at radius 1 is 1.09 bits per heavy atom. The molecular formula is C17H18BrNO3S. The first-order valence-electron chi connectivity index (χ1n) is 7.13. The fourth-order valence-electron chi connectivity index (χ4n) is 2.01. The summed E-state index contributed by atoms with van der Waals surface area (Å²) in [6.45, 7) is 3.69. The summed E-state index contributed by atoms with van der Waals surface area (Å²) in [4.78, 5) is 12.3. The van der Waals surface area contributed by atoms with Crippen molar-refractivity contribution in [1.82, 2.24) is 5.32 Å². The van der Waals surface area contributed by atoms with Crippen molar-refractivity contribution in [3.05, 3.63) is 64.1 Å². The third-order valence-electron chi connectivity index (χ3n) is 3.56. The molecule has 0 aromatic heterocycles. The van der Waals surface area contributed by atoms with E-state index in [4.69, 9.17) is 0 Å². The zero-order chi connectivity index (χ0) is 17.0. The normalized spacial score (nSPS) is 12.7. The molecule has 4 nitrogen and oxygen atoms in total. The average Bonchev–Trinajstić information content (AvgIpc) is 2.53. The number of hydrogen-bond donors (Lipinski definition) is 1. The van der Waals surface area contributed by atoms with Gasteiger partial charge >= 0.3 is 0 Å². The Hall–Kier alpha value is -1.66. The monoisotopic (exact) mass is 395 g/mol. The lowest BCUT2D eigenvalue weighted by Gasteiger charge is -2.13. The second-order valence-corrected chi connectivity index (χ2v) is 8.53. The fraction of sp³-hybridized carbons (Fsp3) is 0.235. The highest BCUT2D eigenvalue weighted by Crippen LogP contribution is 2.19. The molecule has 1 amide bonds. The summed E-state index contributed by atoms with van der Waals surface area (Å²) in [5.41, 5.74) is 2.06. The second kappa shape index (κ2) is 7.27. The van der Waals surface area contributed by atoms with Crippen LogP contribution < -0.4 is 5.32 Å². The Labute approximate surface area is 145 Å². The van der Waals surface area contributed by atoms with Crippen molar-refractivity contribution in [3.63, 3.8) is 0 Å². The molecule has 0 aliphatic carbocycles. The van der Waals surface area contributed by atoms with Gasteiger partial charge in [-0.25, -0.2) is 8.42 Å². The van der Waals surface area contributed by atoms with Crippen molar-refractivity contribution in [3.8, 4) is 0 Å². The topological polar surface area (TPSA) is 63.2 Å². The van der Waals surface area contributed by atoms with Gasteiger partial charge < -0.3 is 5.32 Å². The van der Waals surface area contributed by atoms with Gasteiger partial charge in [0.25, 0.3) is 0 Å². The van der Waals surface area contributed by atoms with E-state index in [-0.39, 0.29) is 4.90 Å². The van der Waals surface area contributed by atoms with Crippen LogP contribution in [0.25, 0.3) is 0 Å². The summed E-state index contributed by atoms with van der Waals surface area (Å²) in [7, 11) is -3.70. The molecule has 2 aromatic carbocycles. The van der Waals surface area contributed by atoms with E-state index in [0.29, 0.717) is 6.54 Å². The molecule has 0 saturated carbocycles. The van der Waals surface area contributed by atoms with Crippen LogP contribution in [0.4, 0.5) is 0 Å². The smallest absolute Gasteiger partial charge is 0.238 e. The van der Waals surface area contributed by atoms with Gasteiger partial charge in [-0.1, -0.05) is 45.8 Å². The van der Waals surface area contributed by atoms with E-state index in [2.05, 4.69) is 21.2 Å². The summed E-state index contributed by atoms with van der Waals surface area (Å²) < 4.78 is 25.7. The quantitative estimate of drug-likeness (QED) is 0.844. The third-order valence-corrected chi connectivity index (χ3v) is 6.17. The van der Waals surface area contributed by atoms with Crippen LogP contribution in [0.1, 0.15) is 18.1 Å². The molecule has 0 aliphatic heterocycles. The predicted octanol–water partition coefficient (Wildman–Crippen LogP) is 3.24. The first-order chi connectivity index (χ1) is 10.8. The van der Waals surface area contributed by atoms with E-state index in [1.54, 1.807) is 12.1 Å². The van der Waals surface area contributed by atoms with Crippen LogP contribution in [0.3, 0.4) is 0 Å². The van der Waals surface area contributed by atoms with E-state index < -0.39 is 21.0 Å². The van der Waals surface area contributed by atoms with Crippen LogP contribution >= 0.6 is 15.9 Å². The maximum atomic E-state index is 12.5. The highest BCUT2D eigenvalue weighted by molar-refractivity contribution is 9.10. The average molecular weight is 396 g/mol. The fourth-order valence-corrected chi connectivity index (χ4v) is 3.56. The van der Waals surface area contributed by atoms with Crippen molar-refractivity contribution in [1.29, 1.82) is 0 Å². The number of aryl methyl sites for hydroxylation is 1. The summed E-state index contributed by atoms with van der Waals surface area (Å²) in [5, 5.41) is 1.53. The van der Waals surface area contributed by atoms with Crippen LogP contribution in [0.5, 0.6) is 0 Å². The molecule has 2 rings (SSSR count). The van der Waals surface area contributed by atoms with Crippen LogP contribution in [0.2, 0.25) is 0 Å². The number of rotatable bonds is 5. The van der Waals surface area contributed by atoms with Gasteiger partial charge in [0.05, 0.1) is 4.90 Å².